The number of hydrogen-bond donors (Lipinski definition) is 1. The van der Waals surface area contributed by atoms with Crippen LogP contribution in [0.4, 0.5) is 0 Å². The molecule has 5 heteroatoms. The van der Waals surface area contributed by atoms with E-state index >= 15 is 0 Å². The molecule has 102 valence electrons. The second kappa shape index (κ2) is 9.39. The van der Waals surface area contributed by atoms with E-state index in [0.717, 1.165) is 0 Å². The number of methoxy groups -OCH3 is 1. The molecule has 0 bridgehead atoms. The Morgan fingerprint density at radius 3 is 2.29 bits per heavy atom. The summed E-state index contributed by atoms with van der Waals surface area (Å²) in [5, 5.41) is 9.07. The van der Waals surface area contributed by atoms with E-state index in [2.05, 4.69) is 0 Å². The van der Waals surface area contributed by atoms with Crippen molar-refractivity contribution in [2.45, 2.75) is 26.9 Å². The van der Waals surface area contributed by atoms with Gasteiger partial charge in [-0.25, -0.2) is 0 Å². The molecule has 17 heavy (non-hydrogen) atoms. The lowest BCUT2D eigenvalue weighted by Gasteiger charge is -2.18. The smallest absolute Gasteiger partial charge is 0.308 e. The van der Waals surface area contributed by atoms with Gasteiger partial charge in [-0.05, 0) is 0 Å². The van der Waals surface area contributed by atoms with E-state index in [4.69, 9.17) is 19.3 Å². The van der Waals surface area contributed by atoms with Gasteiger partial charge in [-0.1, -0.05) is 20.8 Å². The van der Waals surface area contributed by atoms with Gasteiger partial charge in [0.15, 0.2) is 0 Å². The summed E-state index contributed by atoms with van der Waals surface area (Å²) in [5.74, 6) is -0.200. The van der Waals surface area contributed by atoms with Crippen molar-refractivity contribution in [3.63, 3.8) is 0 Å². The van der Waals surface area contributed by atoms with Crippen LogP contribution < -0.4 is 0 Å². The van der Waals surface area contributed by atoms with Gasteiger partial charge in [-0.3, -0.25) is 4.79 Å². The van der Waals surface area contributed by atoms with Gasteiger partial charge >= 0.3 is 5.97 Å². The number of carbonyl (C=O) groups excluding carboxylic acids is 1. The van der Waals surface area contributed by atoms with Crippen molar-refractivity contribution in [1.82, 2.24) is 0 Å². The first-order valence-corrected chi connectivity index (χ1v) is 5.89. The van der Waals surface area contributed by atoms with Crippen molar-refractivity contribution in [3.8, 4) is 0 Å². The summed E-state index contributed by atoms with van der Waals surface area (Å²) in [4.78, 5) is 11.2. The molecule has 0 saturated heterocycles. The van der Waals surface area contributed by atoms with Crippen molar-refractivity contribution in [2.75, 3.05) is 33.5 Å². The first-order chi connectivity index (χ1) is 8.01. The van der Waals surface area contributed by atoms with Crippen LogP contribution >= 0.6 is 0 Å². The summed E-state index contributed by atoms with van der Waals surface area (Å²) in [7, 11) is 1.63. The Kier molecular flexibility index (Phi) is 9.03. The number of rotatable bonds is 9. The number of aliphatic hydroxyl groups is 1. The van der Waals surface area contributed by atoms with Crippen LogP contribution in [0.25, 0.3) is 0 Å². The maximum atomic E-state index is 11.2. The molecule has 0 rings (SSSR count). The predicted octanol–water partition coefficient (Wildman–Crippen LogP) is 0.846. The largest absolute Gasteiger partial charge is 0.463 e. The predicted molar refractivity (Wildman–Crippen MR) is 63.7 cm³/mol. The standard InChI is InChI=1S/C12H24O5/c1-9(2)12(14)17-8-11(5-13)16-7-10(3)6-15-4/h9-11,13H,5-8H2,1-4H3. The van der Waals surface area contributed by atoms with Crippen molar-refractivity contribution < 1.29 is 24.1 Å². The van der Waals surface area contributed by atoms with E-state index in [-0.39, 0.29) is 31.0 Å². The zero-order chi connectivity index (χ0) is 13.3. The van der Waals surface area contributed by atoms with Gasteiger partial charge in [0, 0.05) is 13.0 Å². The molecular formula is C12H24O5. The zero-order valence-electron chi connectivity index (χ0n) is 11.1. The average molecular weight is 248 g/mol. The number of ether oxygens (including phenoxy) is 3. The summed E-state index contributed by atoms with van der Waals surface area (Å²) in [6, 6.07) is 0. The third-order valence-electron chi connectivity index (χ3n) is 2.15. The van der Waals surface area contributed by atoms with Crippen molar-refractivity contribution in [1.29, 1.82) is 0 Å². The Bertz CT molecular complexity index is 205. The maximum Gasteiger partial charge on any atom is 0.308 e. The van der Waals surface area contributed by atoms with Crippen LogP contribution in [0.2, 0.25) is 0 Å². The van der Waals surface area contributed by atoms with Gasteiger partial charge in [0.1, 0.15) is 12.7 Å². The maximum absolute atomic E-state index is 11.2. The Morgan fingerprint density at radius 2 is 1.82 bits per heavy atom. The number of esters is 1. The fraction of sp³-hybridized carbons (Fsp3) is 0.917. The van der Waals surface area contributed by atoms with E-state index in [0.29, 0.717) is 13.2 Å². The second-order valence-electron chi connectivity index (χ2n) is 4.48. The van der Waals surface area contributed by atoms with Gasteiger partial charge in [-0.15, -0.1) is 0 Å². The quantitative estimate of drug-likeness (QED) is 0.613. The highest BCUT2D eigenvalue weighted by Gasteiger charge is 2.15. The molecule has 0 aromatic heterocycles. The molecule has 2 unspecified atom stereocenters. The van der Waals surface area contributed by atoms with Gasteiger partial charge in [0.05, 0.1) is 25.7 Å². The van der Waals surface area contributed by atoms with E-state index < -0.39 is 6.10 Å². The van der Waals surface area contributed by atoms with Gasteiger partial charge in [-0.2, -0.15) is 0 Å². The highest BCUT2D eigenvalue weighted by Crippen LogP contribution is 2.03. The Hall–Kier alpha value is -0.650. The van der Waals surface area contributed by atoms with Crippen LogP contribution in [0.1, 0.15) is 20.8 Å². The summed E-state index contributed by atoms with van der Waals surface area (Å²) in [5.41, 5.74) is 0. The lowest BCUT2D eigenvalue weighted by Crippen LogP contribution is -2.29. The van der Waals surface area contributed by atoms with Crippen LogP contribution in [0, 0.1) is 11.8 Å². The molecule has 0 radical (unpaired) electrons. The van der Waals surface area contributed by atoms with Crippen LogP contribution in [-0.2, 0) is 19.0 Å². The molecule has 0 heterocycles. The molecule has 0 fully saturated rings. The lowest BCUT2D eigenvalue weighted by atomic mass is 10.2. The molecule has 0 aliphatic carbocycles. The Morgan fingerprint density at radius 1 is 1.18 bits per heavy atom. The minimum Gasteiger partial charge on any atom is -0.463 e. The lowest BCUT2D eigenvalue weighted by molar-refractivity contribution is -0.153. The van der Waals surface area contributed by atoms with Gasteiger partial charge in [0.2, 0.25) is 0 Å². The molecular weight excluding hydrogens is 224 g/mol. The Balaban J connectivity index is 3.80. The Labute approximate surface area is 103 Å². The molecule has 0 saturated carbocycles. The fourth-order valence-electron chi connectivity index (χ4n) is 1.13. The van der Waals surface area contributed by atoms with Crippen molar-refractivity contribution >= 4 is 5.97 Å². The molecule has 2 atom stereocenters. The van der Waals surface area contributed by atoms with Crippen molar-refractivity contribution in [2.24, 2.45) is 11.8 Å². The van der Waals surface area contributed by atoms with E-state index in [1.807, 2.05) is 6.92 Å². The first kappa shape index (κ1) is 16.4. The zero-order valence-corrected chi connectivity index (χ0v) is 11.1. The highest BCUT2D eigenvalue weighted by atomic mass is 16.6. The third kappa shape index (κ3) is 8.12. The molecule has 0 aliphatic heterocycles. The highest BCUT2D eigenvalue weighted by molar-refractivity contribution is 5.71. The number of aliphatic hydroxyl groups excluding tert-OH is 1. The molecule has 0 aromatic rings. The summed E-state index contributed by atoms with van der Waals surface area (Å²) < 4.78 is 15.4. The fourth-order valence-corrected chi connectivity index (χ4v) is 1.13. The normalized spacial score (nSPS) is 14.7. The van der Waals surface area contributed by atoms with Crippen LogP contribution in [-0.4, -0.2) is 50.7 Å². The minimum absolute atomic E-state index is 0.0905. The molecule has 0 amide bonds. The van der Waals surface area contributed by atoms with Crippen molar-refractivity contribution in [3.05, 3.63) is 0 Å². The van der Waals surface area contributed by atoms with E-state index in [1.165, 1.54) is 0 Å². The first-order valence-electron chi connectivity index (χ1n) is 5.89. The van der Waals surface area contributed by atoms with Crippen LogP contribution in [0.3, 0.4) is 0 Å². The van der Waals surface area contributed by atoms with E-state index in [9.17, 15) is 4.79 Å². The summed E-state index contributed by atoms with van der Waals surface area (Å²) in [6.07, 6.45) is -0.461. The topological polar surface area (TPSA) is 65.0 Å². The second-order valence-corrected chi connectivity index (χ2v) is 4.48. The molecule has 0 spiro atoms. The molecule has 5 nitrogen and oxygen atoms in total. The number of hydrogen-bond acceptors (Lipinski definition) is 5. The van der Waals surface area contributed by atoms with Crippen LogP contribution in [0.15, 0.2) is 0 Å². The third-order valence-corrected chi connectivity index (χ3v) is 2.15. The van der Waals surface area contributed by atoms with E-state index in [1.54, 1.807) is 21.0 Å². The SMILES string of the molecule is COCC(C)COC(CO)COC(=O)C(C)C. The summed E-state index contributed by atoms with van der Waals surface area (Å²) in [6.45, 7) is 6.51. The van der Waals surface area contributed by atoms with Crippen LogP contribution in [0.5, 0.6) is 0 Å². The van der Waals surface area contributed by atoms with Gasteiger partial charge < -0.3 is 19.3 Å². The monoisotopic (exact) mass is 248 g/mol. The average Bonchev–Trinajstić information content (AvgIpc) is 2.29. The molecule has 0 aromatic carbocycles. The summed E-state index contributed by atoms with van der Waals surface area (Å²) >= 11 is 0. The minimum atomic E-state index is -0.461. The molecule has 0 aliphatic rings. The van der Waals surface area contributed by atoms with Gasteiger partial charge in [0.25, 0.3) is 0 Å². The molecule has 1 N–H and O–H groups in total. The number of carbonyl (C=O) groups is 1.